The van der Waals surface area contributed by atoms with Crippen molar-refractivity contribution in [3.63, 3.8) is 0 Å². The van der Waals surface area contributed by atoms with Crippen LogP contribution in [0.3, 0.4) is 0 Å². The van der Waals surface area contributed by atoms with Crippen LogP contribution >= 0.6 is 12.2 Å². The quantitative estimate of drug-likeness (QED) is 0.863. The van der Waals surface area contributed by atoms with Gasteiger partial charge in [0.05, 0.1) is 18.1 Å². The fourth-order valence-corrected chi connectivity index (χ4v) is 2.89. The molecule has 1 aromatic heterocycles. The topological polar surface area (TPSA) is 50.3 Å². The second-order valence-corrected chi connectivity index (χ2v) is 5.26. The summed E-state index contributed by atoms with van der Waals surface area (Å²) in [6.45, 7) is 7.22. The van der Waals surface area contributed by atoms with E-state index in [2.05, 4.69) is 4.98 Å². The molecule has 0 spiro atoms. The summed E-state index contributed by atoms with van der Waals surface area (Å²) in [5, 5.41) is 0. The third-order valence-corrected chi connectivity index (χ3v) is 4.04. The monoisotopic (exact) mass is 307 g/mol. The average Bonchev–Trinajstić information content (AvgIpc) is 2.82. The van der Waals surface area contributed by atoms with E-state index in [0.717, 1.165) is 16.8 Å². The molecular formula is C15H21N3O2S. The van der Waals surface area contributed by atoms with Gasteiger partial charge in [0.2, 0.25) is 5.91 Å². The highest BCUT2D eigenvalue weighted by atomic mass is 32.1. The number of aromatic amines is 1. The van der Waals surface area contributed by atoms with E-state index >= 15 is 0 Å². The largest absolute Gasteiger partial charge is 0.497 e. The van der Waals surface area contributed by atoms with Gasteiger partial charge in [-0.25, -0.2) is 0 Å². The molecule has 6 heteroatoms. The Hall–Kier alpha value is -1.82. The van der Waals surface area contributed by atoms with Gasteiger partial charge in [-0.2, -0.15) is 0 Å². The number of H-pyrrole nitrogens is 1. The molecule has 0 aliphatic rings. The molecule has 5 nitrogen and oxygen atoms in total. The summed E-state index contributed by atoms with van der Waals surface area (Å²) in [5.41, 5.74) is 1.78. The summed E-state index contributed by atoms with van der Waals surface area (Å²) in [7, 11) is 1.62. The van der Waals surface area contributed by atoms with E-state index in [1.807, 2.05) is 48.4 Å². The van der Waals surface area contributed by atoms with Gasteiger partial charge in [-0.05, 0) is 45.1 Å². The zero-order chi connectivity index (χ0) is 15.6. The lowest BCUT2D eigenvalue weighted by molar-refractivity contribution is -0.133. The van der Waals surface area contributed by atoms with Gasteiger partial charge in [0.15, 0.2) is 4.77 Å². The van der Waals surface area contributed by atoms with Gasteiger partial charge < -0.3 is 19.2 Å². The Morgan fingerprint density at radius 1 is 1.43 bits per heavy atom. The Morgan fingerprint density at radius 2 is 2.10 bits per heavy atom. The Balaban J connectivity index is 2.52. The molecule has 1 aromatic carbocycles. The number of benzene rings is 1. The van der Waals surface area contributed by atoms with Crippen LogP contribution in [0.15, 0.2) is 18.2 Å². The molecule has 0 aliphatic carbocycles. The van der Waals surface area contributed by atoms with Crippen molar-refractivity contribution in [3.8, 4) is 5.75 Å². The molecule has 1 amide bonds. The van der Waals surface area contributed by atoms with Crippen LogP contribution in [0.5, 0.6) is 5.75 Å². The Kier molecular flexibility index (Phi) is 4.67. The number of amides is 1. The third kappa shape index (κ3) is 2.81. The summed E-state index contributed by atoms with van der Waals surface area (Å²) < 4.78 is 7.66. The molecule has 1 unspecified atom stereocenters. The Morgan fingerprint density at radius 3 is 2.67 bits per heavy atom. The number of ether oxygens (including phenoxy) is 1. The second kappa shape index (κ2) is 6.30. The second-order valence-electron chi connectivity index (χ2n) is 4.87. The highest BCUT2D eigenvalue weighted by Crippen LogP contribution is 2.24. The molecule has 0 radical (unpaired) electrons. The summed E-state index contributed by atoms with van der Waals surface area (Å²) in [4.78, 5) is 17.5. The molecule has 1 heterocycles. The van der Waals surface area contributed by atoms with E-state index < -0.39 is 0 Å². The van der Waals surface area contributed by atoms with Gasteiger partial charge in [-0.15, -0.1) is 0 Å². The summed E-state index contributed by atoms with van der Waals surface area (Å²) in [6, 6.07) is 5.33. The summed E-state index contributed by atoms with van der Waals surface area (Å²) >= 11 is 5.38. The maximum Gasteiger partial charge on any atom is 0.245 e. The molecular weight excluding hydrogens is 286 g/mol. The Labute approximate surface area is 129 Å². The van der Waals surface area contributed by atoms with Crippen molar-refractivity contribution in [2.24, 2.45) is 0 Å². The lowest BCUT2D eigenvalue weighted by Crippen LogP contribution is -2.36. The van der Waals surface area contributed by atoms with Crippen LogP contribution in [-0.4, -0.2) is 40.6 Å². The minimum atomic E-state index is -0.349. The highest BCUT2D eigenvalue weighted by Gasteiger charge is 2.22. The summed E-state index contributed by atoms with van der Waals surface area (Å²) in [6.07, 6.45) is 0. The molecule has 0 saturated heterocycles. The van der Waals surface area contributed by atoms with Gasteiger partial charge in [0.1, 0.15) is 11.8 Å². The third-order valence-electron chi connectivity index (χ3n) is 3.74. The van der Waals surface area contributed by atoms with Crippen molar-refractivity contribution in [1.29, 1.82) is 0 Å². The van der Waals surface area contributed by atoms with Crippen LogP contribution in [0.1, 0.15) is 26.8 Å². The van der Waals surface area contributed by atoms with Crippen molar-refractivity contribution < 1.29 is 9.53 Å². The maximum atomic E-state index is 12.6. The fourth-order valence-electron chi connectivity index (χ4n) is 2.52. The number of carbonyl (C=O) groups excluding carboxylic acids is 1. The van der Waals surface area contributed by atoms with E-state index in [9.17, 15) is 4.79 Å². The van der Waals surface area contributed by atoms with Crippen LogP contribution in [0.25, 0.3) is 11.0 Å². The molecule has 1 N–H and O–H groups in total. The van der Waals surface area contributed by atoms with Crippen molar-refractivity contribution >= 4 is 29.2 Å². The number of methoxy groups -OCH3 is 1. The van der Waals surface area contributed by atoms with E-state index in [0.29, 0.717) is 17.9 Å². The number of aromatic nitrogens is 2. The molecule has 21 heavy (non-hydrogen) atoms. The minimum absolute atomic E-state index is 0.0693. The SMILES string of the molecule is CCN(CC)C(=O)C(C)n1c(=S)[nH]c2ccc(OC)cc21. The van der Waals surface area contributed by atoms with E-state index in [4.69, 9.17) is 17.0 Å². The minimum Gasteiger partial charge on any atom is -0.497 e. The fraction of sp³-hybridized carbons (Fsp3) is 0.467. The lowest BCUT2D eigenvalue weighted by atomic mass is 10.2. The Bertz CT molecular complexity index is 700. The molecule has 1 atom stereocenters. The molecule has 2 rings (SSSR count). The first-order chi connectivity index (χ1) is 10.0. The number of hydrogen-bond donors (Lipinski definition) is 1. The van der Waals surface area contributed by atoms with E-state index in [1.54, 1.807) is 7.11 Å². The highest BCUT2D eigenvalue weighted by molar-refractivity contribution is 7.71. The number of nitrogens with zero attached hydrogens (tertiary/aromatic N) is 2. The number of imidazole rings is 1. The molecule has 114 valence electrons. The lowest BCUT2D eigenvalue weighted by Gasteiger charge is -2.24. The molecule has 2 aromatic rings. The maximum absolute atomic E-state index is 12.6. The van der Waals surface area contributed by atoms with Gasteiger partial charge in [0.25, 0.3) is 0 Å². The first-order valence-corrected chi connectivity index (χ1v) is 7.51. The van der Waals surface area contributed by atoms with Crippen molar-refractivity contribution in [3.05, 3.63) is 23.0 Å². The van der Waals surface area contributed by atoms with Crippen molar-refractivity contribution in [1.82, 2.24) is 14.5 Å². The first-order valence-electron chi connectivity index (χ1n) is 7.10. The summed E-state index contributed by atoms with van der Waals surface area (Å²) in [5.74, 6) is 0.813. The van der Waals surface area contributed by atoms with Crippen LogP contribution in [-0.2, 0) is 4.79 Å². The number of rotatable bonds is 5. The van der Waals surface area contributed by atoms with Gasteiger partial charge in [-0.3, -0.25) is 4.79 Å². The van der Waals surface area contributed by atoms with E-state index in [1.165, 1.54) is 0 Å². The van der Waals surface area contributed by atoms with Gasteiger partial charge in [0, 0.05) is 19.2 Å². The molecule has 0 aliphatic heterocycles. The van der Waals surface area contributed by atoms with Crippen molar-refractivity contribution in [2.45, 2.75) is 26.8 Å². The van der Waals surface area contributed by atoms with Gasteiger partial charge in [-0.1, -0.05) is 0 Å². The van der Waals surface area contributed by atoms with Crippen LogP contribution in [0, 0.1) is 4.77 Å². The number of nitrogens with one attached hydrogen (secondary N) is 1. The van der Waals surface area contributed by atoms with Crippen LogP contribution in [0.2, 0.25) is 0 Å². The number of hydrogen-bond acceptors (Lipinski definition) is 3. The molecule has 0 fully saturated rings. The first kappa shape index (κ1) is 15.6. The number of likely N-dealkylation sites (N-methyl/N-ethyl adjacent to an activating group) is 1. The predicted molar refractivity (Wildman–Crippen MR) is 86.3 cm³/mol. The predicted octanol–water partition coefficient (Wildman–Crippen LogP) is 3.14. The van der Waals surface area contributed by atoms with Crippen molar-refractivity contribution in [2.75, 3.05) is 20.2 Å². The normalized spacial score (nSPS) is 12.4. The van der Waals surface area contributed by atoms with Crippen LogP contribution < -0.4 is 4.74 Å². The standard InChI is InChI=1S/C15H21N3O2S/c1-5-17(6-2)14(19)10(3)18-13-9-11(20-4)7-8-12(13)16-15(18)21/h7-10H,5-6H2,1-4H3,(H,16,21). The number of fused-ring (bicyclic) bond motifs is 1. The van der Waals surface area contributed by atoms with Gasteiger partial charge >= 0.3 is 0 Å². The smallest absolute Gasteiger partial charge is 0.245 e. The zero-order valence-electron chi connectivity index (χ0n) is 12.8. The average molecular weight is 307 g/mol. The zero-order valence-corrected chi connectivity index (χ0v) is 13.7. The molecule has 0 bridgehead atoms. The van der Waals surface area contributed by atoms with Crippen LogP contribution in [0.4, 0.5) is 0 Å². The number of carbonyl (C=O) groups is 1. The molecule has 0 saturated carbocycles. The van der Waals surface area contributed by atoms with E-state index in [-0.39, 0.29) is 11.9 Å².